The van der Waals surface area contributed by atoms with Crippen LogP contribution in [0.25, 0.3) is 0 Å². The van der Waals surface area contributed by atoms with Crippen molar-refractivity contribution in [2.45, 2.75) is 26.4 Å². The summed E-state index contributed by atoms with van der Waals surface area (Å²) in [6.07, 6.45) is 4.74. The molecule has 8 heteroatoms. The maximum Gasteiger partial charge on any atom is 0.673 e. The van der Waals surface area contributed by atoms with Gasteiger partial charge in [0.05, 0.1) is 18.2 Å². The SMILES string of the molecule is CCC(N)n1cnc(C)c1.F[B-](F)(F)F. The van der Waals surface area contributed by atoms with Crippen LogP contribution >= 0.6 is 0 Å². The smallest absolute Gasteiger partial charge is 0.418 e. The Labute approximate surface area is 85.4 Å². The summed E-state index contributed by atoms with van der Waals surface area (Å²) in [5, 5.41) is 0. The Kier molecular flexibility index (Phi) is 5.34. The fourth-order valence-corrected chi connectivity index (χ4v) is 0.832. The summed E-state index contributed by atoms with van der Waals surface area (Å²) in [5.74, 6) is 0. The second kappa shape index (κ2) is 5.74. The summed E-state index contributed by atoms with van der Waals surface area (Å²) in [7, 11) is -6.00. The van der Waals surface area contributed by atoms with E-state index in [1.807, 2.05) is 17.7 Å². The predicted molar refractivity (Wildman–Crippen MR) is 50.7 cm³/mol. The molecule has 0 aliphatic heterocycles. The van der Waals surface area contributed by atoms with E-state index >= 15 is 0 Å². The number of rotatable bonds is 2. The molecule has 0 radical (unpaired) electrons. The molecule has 0 aliphatic rings. The zero-order valence-electron chi connectivity index (χ0n) is 8.50. The van der Waals surface area contributed by atoms with E-state index in [0.717, 1.165) is 12.1 Å². The molecule has 1 rings (SSSR count). The van der Waals surface area contributed by atoms with E-state index in [2.05, 4.69) is 11.9 Å². The fraction of sp³-hybridized carbons (Fsp3) is 0.571. The van der Waals surface area contributed by atoms with Gasteiger partial charge in [-0.25, -0.2) is 4.98 Å². The lowest BCUT2D eigenvalue weighted by atomic mass is 10.3. The quantitative estimate of drug-likeness (QED) is 0.621. The third-order valence-corrected chi connectivity index (χ3v) is 1.53. The Morgan fingerprint density at radius 2 is 1.93 bits per heavy atom. The van der Waals surface area contributed by atoms with E-state index in [9.17, 15) is 17.3 Å². The molecule has 1 unspecified atom stereocenters. The number of aromatic nitrogens is 2. The molecule has 1 atom stereocenters. The maximum absolute atomic E-state index is 9.75. The lowest BCUT2D eigenvalue weighted by Gasteiger charge is -2.08. The van der Waals surface area contributed by atoms with Gasteiger partial charge in [0.25, 0.3) is 0 Å². The van der Waals surface area contributed by atoms with Crippen LogP contribution in [-0.4, -0.2) is 16.8 Å². The first kappa shape index (κ1) is 14.0. The number of nitrogens with two attached hydrogens (primary N) is 1. The second-order valence-corrected chi connectivity index (χ2v) is 2.93. The van der Waals surface area contributed by atoms with Crippen LogP contribution < -0.4 is 5.73 Å². The largest absolute Gasteiger partial charge is 0.673 e. The minimum absolute atomic E-state index is 0.0844. The molecule has 1 aromatic heterocycles. The highest BCUT2D eigenvalue weighted by Crippen LogP contribution is 2.06. The highest BCUT2D eigenvalue weighted by molar-refractivity contribution is 6.50. The highest BCUT2D eigenvalue weighted by Gasteiger charge is 2.20. The van der Waals surface area contributed by atoms with Gasteiger partial charge >= 0.3 is 7.25 Å². The lowest BCUT2D eigenvalue weighted by Crippen LogP contribution is -2.15. The number of halogens is 4. The van der Waals surface area contributed by atoms with Gasteiger partial charge in [0, 0.05) is 6.20 Å². The van der Waals surface area contributed by atoms with E-state index in [-0.39, 0.29) is 6.17 Å². The molecule has 0 aromatic carbocycles. The summed E-state index contributed by atoms with van der Waals surface area (Å²) < 4.78 is 40.9. The lowest BCUT2D eigenvalue weighted by molar-refractivity contribution is 0.368. The van der Waals surface area contributed by atoms with Crippen molar-refractivity contribution < 1.29 is 17.3 Å². The van der Waals surface area contributed by atoms with E-state index in [1.165, 1.54) is 0 Å². The van der Waals surface area contributed by atoms with Crippen molar-refractivity contribution in [3.63, 3.8) is 0 Å². The molecule has 0 saturated carbocycles. The molecule has 1 aromatic rings. The van der Waals surface area contributed by atoms with Crippen molar-refractivity contribution in [1.29, 1.82) is 0 Å². The van der Waals surface area contributed by atoms with Gasteiger partial charge in [-0.3, -0.25) is 0 Å². The average molecular weight is 226 g/mol. The molecule has 88 valence electrons. The van der Waals surface area contributed by atoms with Crippen molar-refractivity contribution in [3.05, 3.63) is 18.2 Å². The van der Waals surface area contributed by atoms with Crippen LogP contribution in [0.5, 0.6) is 0 Å². The van der Waals surface area contributed by atoms with E-state index in [0.29, 0.717) is 0 Å². The summed E-state index contributed by atoms with van der Waals surface area (Å²) >= 11 is 0. The molecule has 0 spiro atoms. The number of imidazole rings is 1. The number of nitrogens with zero attached hydrogens (tertiary/aromatic N) is 2. The first-order valence-electron chi connectivity index (χ1n) is 4.37. The van der Waals surface area contributed by atoms with Crippen LogP contribution in [0, 0.1) is 6.92 Å². The van der Waals surface area contributed by atoms with Gasteiger partial charge in [-0.2, -0.15) is 0 Å². The van der Waals surface area contributed by atoms with Crippen LogP contribution in [-0.2, 0) is 0 Å². The third-order valence-electron chi connectivity index (χ3n) is 1.53. The predicted octanol–water partition coefficient (Wildman–Crippen LogP) is 2.36. The van der Waals surface area contributed by atoms with Crippen LogP contribution in [0.2, 0.25) is 0 Å². The normalized spacial score (nSPS) is 13.0. The van der Waals surface area contributed by atoms with Crippen molar-refractivity contribution in [2.24, 2.45) is 5.73 Å². The third kappa shape index (κ3) is 7.98. The molecule has 0 saturated heterocycles. The minimum atomic E-state index is -6.00. The Bertz CT molecular complexity index is 280. The summed E-state index contributed by atoms with van der Waals surface area (Å²) in [5.41, 5.74) is 6.75. The molecule has 0 bridgehead atoms. The molecular weight excluding hydrogens is 213 g/mol. The van der Waals surface area contributed by atoms with E-state index < -0.39 is 7.25 Å². The van der Waals surface area contributed by atoms with Crippen LogP contribution in [0.3, 0.4) is 0 Å². The number of aryl methyl sites for hydroxylation is 1. The van der Waals surface area contributed by atoms with Crippen molar-refractivity contribution in [3.8, 4) is 0 Å². The van der Waals surface area contributed by atoms with Gasteiger partial charge in [-0.15, -0.1) is 0 Å². The molecular formula is C7H13BF4N3-. The Morgan fingerprint density at radius 3 is 2.20 bits per heavy atom. The molecule has 0 amide bonds. The Hall–Kier alpha value is -1.05. The Balaban J connectivity index is 0.000000336. The van der Waals surface area contributed by atoms with Crippen LogP contribution in [0.15, 0.2) is 12.5 Å². The summed E-state index contributed by atoms with van der Waals surface area (Å²) in [4.78, 5) is 4.07. The molecule has 0 fully saturated rings. The second-order valence-electron chi connectivity index (χ2n) is 2.93. The zero-order valence-corrected chi connectivity index (χ0v) is 8.50. The molecule has 2 N–H and O–H groups in total. The van der Waals surface area contributed by atoms with Crippen molar-refractivity contribution in [2.75, 3.05) is 0 Å². The van der Waals surface area contributed by atoms with Gasteiger partial charge in [0.1, 0.15) is 0 Å². The van der Waals surface area contributed by atoms with Crippen LogP contribution in [0.1, 0.15) is 25.2 Å². The standard InChI is InChI=1S/C7H13N3.BF4/c1-3-7(8)10-4-6(2)9-5-10;2-1(3,4)5/h4-5,7H,3,8H2,1-2H3;/q;-1. The first-order valence-corrected chi connectivity index (χ1v) is 4.37. The summed E-state index contributed by atoms with van der Waals surface area (Å²) in [6.45, 7) is 4.01. The monoisotopic (exact) mass is 226 g/mol. The minimum Gasteiger partial charge on any atom is -0.418 e. The highest BCUT2D eigenvalue weighted by atomic mass is 19.5. The van der Waals surface area contributed by atoms with Crippen molar-refractivity contribution in [1.82, 2.24) is 9.55 Å². The molecule has 1 heterocycles. The fourth-order valence-electron chi connectivity index (χ4n) is 0.832. The topological polar surface area (TPSA) is 43.8 Å². The Morgan fingerprint density at radius 1 is 1.47 bits per heavy atom. The molecule has 0 aliphatic carbocycles. The van der Waals surface area contributed by atoms with Gasteiger partial charge < -0.3 is 27.6 Å². The average Bonchev–Trinajstić information content (AvgIpc) is 2.47. The van der Waals surface area contributed by atoms with Gasteiger partial charge in [-0.05, 0) is 13.3 Å². The summed E-state index contributed by atoms with van der Waals surface area (Å²) in [6, 6.07) is 0. The van der Waals surface area contributed by atoms with Gasteiger partial charge in [-0.1, -0.05) is 6.92 Å². The zero-order chi connectivity index (χ0) is 12.1. The van der Waals surface area contributed by atoms with Gasteiger partial charge in [0.15, 0.2) is 0 Å². The number of hydrogen-bond acceptors (Lipinski definition) is 2. The van der Waals surface area contributed by atoms with Crippen LogP contribution in [0.4, 0.5) is 17.3 Å². The van der Waals surface area contributed by atoms with E-state index in [4.69, 9.17) is 5.73 Å². The number of hydrogen-bond donors (Lipinski definition) is 1. The molecule has 15 heavy (non-hydrogen) atoms. The molecule has 3 nitrogen and oxygen atoms in total. The maximum atomic E-state index is 9.75. The van der Waals surface area contributed by atoms with E-state index in [1.54, 1.807) is 6.33 Å². The first-order chi connectivity index (χ1) is 6.74. The van der Waals surface area contributed by atoms with Crippen molar-refractivity contribution >= 4 is 7.25 Å². The van der Waals surface area contributed by atoms with Gasteiger partial charge in [0.2, 0.25) is 0 Å².